The molecule has 0 spiro atoms. The summed E-state index contributed by atoms with van der Waals surface area (Å²) in [7, 11) is 0. The Kier molecular flexibility index (Phi) is 8.48. The van der Waals surface area contributed by atoms with Gasteiger partial charge in [0.15, 0.2) is 11.5 Å². The van der Waals surface area contributed by atoms with Gasteiger partial charge in [-0.3, -0.25) is 14.9 Å². The SMILES string of the molecule is CCCOc1ccc([C@H]2N(Cc3ccccc3)C(=O)c3cc([N+](=O)[O-])ccc3N2Cc2ccccc2)cc1OCC. The minimum atomic E-state index is -0.517. The Morgan fingerprint density at radius 1 is 0.780 bits per heavy atom. The zero-order valence-corrected chi connectivity index (χ0v) is 23.2. The molecule has 0 saturated heterocycles. The molecule has 1 aliphatic heterocycles. The lowest BCUT2D eigenvalue weighted by atomic mass is 9.98. The summed E-state index contributed by atoms with van der Waals surface area (Å²) in [6, 6.07) is 30.1. The van der Waals surface area contributed by atoms with Gasteiger partial charge in [0, 0.05) is 25.2 Å². The van der Waals surface area contributed by atoms with E-state index >= 15 is 0 Å². The maximum absolute atomic E-state index is 14.2. The number of nitro groups is 1. The van der Waals surface area contributed by atoms with Gasteiger partial charge in [-0.2, -0.15) is 0 Å². The molecule has 1 amide bonds. The highest BCUT2D eigenvalue weighted by Crippen LogP contribution is 2.43. The quantitative estimate of drug-likeness (QED) is 0.145. The van der Waals surface area contributed by atoms with E-state index in [9.17, 15) is 14.9 Å². The van der Waals surface area contributed by atoms with Crippen molar-refractivity contribution in [1.29, 1.82) is 0 Å². The van der Waals surface area contributed by atoms with Crippen LogP contribution in [0.1, 0.15) is 53.5 Å². The summed E-state index contributed by atoms with van der Waals surface area (Å²) in [5.41, 5.74) is 3.67. The Hall–Kier alpha value is -4.85. The van der Waals surface area contributed by atoms with Crippen LogP contribution in [-0.4, -0.2) is 28.9 Å². The zero-order chi connectivity index (χ0) is 28.8. The van der Waals surface area contributed by atoms with Crippen LogP contribution >= 0.6 is 0 Å². The van der Waals surface area contributed by atoms with Gasteiger partial charge in [0.25, 0.3) is 11.6 Å². The number of nitro benzene ring substituents is 1. The first-order valence-electron chi connectivity index (χ1n) is 13.8. The maximum atomic E-state index is 14.2. The molecule has 0 fully saturated rings. The van der Waals surface area contributed by atoms with Crippen molar-refractivity contribution in [2.45, 2.75) is 39.5 Å². The van der Waals surface area contributed by atoms with Crippen LogP contribution in [0.5, 0.6) is 11.5 Å². The molecule has 8 heteroatoms. The zero-order valence-electron chi connectivity index (χ0n) is 23.2. The van der Waals surface area contributed by atoms with Crippen LogP contribution in [0.4, 0.5) is 11.4 Å². The maximum Gasteiger partial charge on any atom is 0.270 e. The number of fused-ring (bicyclic) bond motifs is 1. The summed E-state index contributed by atoms with van der Waals surface area (Å²) in [6.07, 6.45) is 0.347. The summed E-state index contributed by atoms with van der Waals surface area (Å²) < 4.78 is 11.9. The normalized spacial score (nSPS) is 14.5. The summed E-state index contributed by atoms with van der Waals surface area (Å²) in [4.78, 5) is 29.3. The van der Waals surface area contributed by atoms with Crippen molar-refractivity contribution in [2.24, 2.45) is 0 Å². The number of ether oxygens (including phenoxy) is 2. The van der Waals surface area contributed by atoms with Crippen molar-refractivity contribution in [1.82, 2.24) is 4.90 Å². The molecule has 1 aliphatic rings. The lowest BCUT2D eigenvalue weighted by Crippen LogP contribution is -2.48. The van der Waals surface area contributed by atoms with Crippen LogP contribution in [0.2, 0.25) is 0 Å². The van der Waals surface area contributed by atoms with Crippen molar-refractivity contribution < 1.29 is 19.2 Å². The smallest absolute Gasteiger partial charge is 0.270 e. The van der Waals surface area contributed by atoms with E-state index in [4.69, 9.17) is 9.47 Å². The topological polar surface area (TPSA) is 85.1 Å². The molecule has 41 heavy (non-hydrogen) atoms. The highest BCUT2D eigenvalue weighted by Gasteiger charge is 2.40. The van der Waals surface area contributed by atoms with Crippen molar-refractivity contribution >= 4 is 17.3 Å². The van der Waals surface area contributed by atoms with E-state index in [1.54, 1.807) is 11.0 Å². The van der Waals surface area contributed by atoms with E-state index in [1.165, 1.54) is 12.1 Å². The average molecular weight is 552 g/mol. The Balaban J connectivity index is 1.69. The van der Waals surface area contributed by atoms with Gasteiger partial charge in [0.05, 0.1) is 29.4 Å². The van der Waals surface area contributed by atoms with E-state index in [2.05, 4.69) is 4.90 Å². The molecule has 4 aromatic rings. The fourth-order valence-corrected chi connectivity index (χ4v) is 5.16. The summed E-state index contributed by atoms with van der Waals surface area (Å²) in [6.45, 7) is 5.79. The van der Waals surface area contributed by atoms with E-state index in [0.717, 1.165) is 23.1 Å². The van der Waals surface area contributed by atoms with Crippen LogP contribution in [-0.2, 0) is 13.1 Å². The van der Waals surface area contributed by atoms with Crippen molar-refractivity contribution in [3.63, 3.8) is 0 Å². The number of hydrogen-bond acceptors (Lipinski definition) is 6. The molecular weight excluding hydrogens is 518 g/mol. The highest BCUT2D eigenvalue weighted by atomic mass is 16.6. The van der Waals surface area contributed by atoms with Crippen molar-refractivity contribution in [3.8, 4) is 11.5 Å². The number of rotatable bonds is 11. The highest BCUT2D eigenvalue weighted by molar-refractivity contribution is 6.02. The molecule has 0 bridgehead atoms. The van der Waals surface area contributed by atoms with Crippen LogP contribution < -0.4 is 14.4 Å². The standard InChI is InChI=1S/C33H33N3O5/c1-3-19-41-30-18-15-26(20-31(30)40-4-2)32-34(22-24-11-7-5-8-12-24)29-17-16-27(36(38)39)21-28(29)33(37)35(32)23-25-13-9-6-10-14-25/h5-18,20-21,32H,3-4,19,22-23H2,1-2H3/t32-/m1/s1. The Bertz CT molecular complexity index is 1510. The van der Waals surface area contributed by atoms with Gasteiger partial charge < -0.3 is 19.3 Å². The number of non-ortho nitro benzene ring substituents is 1. The first-order chi connectivity index (χ1) is 20.0. The molecule has 5 rings (SSSR count). The van der Waals surface area contributed by atoms with E-state index in [0.29, 0.717) is 49.1 Å². The van der Waals surface area contributed by atoms with Gasteiger partial charge in [-0.1, -0.05) is 73.7 Å². The average Bonchev–Trinajstić information content (AvgIpc) is 3.00. The van der Waals surface area contributed by atoms with E-state index in [1.807, 2.05) is 92.7 Å². The molecule has 0 unspecified atom stereocenters. The van der Waals surface area contributed by atoms with E-state index in [-0.39, 0.29) is 11.6 Å². The molecule has 1 atom stereocenters. The Morgan fingerprint density at radius 3 is 2.05 bits per heavy atom. The van der Waals surface area contributed by atoms with Gasteiger partial charge in [-0.05, 0) is 48.2 Å². The summed E-state index contributed by atoms with van der Waals surface area (Å²) >= 11 is 0. The van der Waals surface area contributed by atoms with Crippen LogP contribution in [0.25, 0.3) is 0 Å². The Labute approximate surface area is 239 Å². The second kappa shape index (κ2) is 12.6. The number of carbonyl (C=O) groups is 1. The lowest BCUT2D eigenvalue weighted by molar-refractivity contribution is -0.384. The summed E-state index contributed by atoms with van der Waals surface area (Å²) in [5.74, 6) is 0.991. The first kappa shape index (κ1) is 27.7. The van der Waals surface area contributed by atoms with Crippen molar-refractivity contribution in [2.75, 3.05) is 18.1 Å². The molecular formula is C33H33N3O5. The number of hydrogen-bond donors (Lipinski definition) is 0. The molecule has 0 aromatic heterocycles. The predicted octanol–water partition coefficient (Wildman–Crippen LogP) is 7.14. The van der Waals surface area contributed by atoms with Crippen LogP contribution in [0.15, 0.2) is 97.1 Å². The van der Waals surface area contributed by atoms with Crippen LogP contribution in [0, 0.1) is 10.1 Å². The molecule has 4 aromatic carbocycles. The van der Waals surface area contributed by atoms with Gasteiger partial charge in [0.1, 0.15) is 6.17 Å². The lowest BCUT2D eigenvalue weighted by Gasteiger charge is -2.46. The third-order valence-electron chi connectivity index (χ3n) is 7.00. The number of anilines is 1. The molecule has 0 N–H and O–H groups in total. The first-order valence-corrected chi connectivity index (χ1v) is 13.8. The molecule has 0 aliphatic carbocycles. The minimum Gasteiger partial charge on any atom is -0.490 e. The molecule has 210 valence electrons. The second-order valence-electron chi connectivity index (χ2n) is 9.85. The molecule has 8 nitrogen and oxygen atoms in total. The monoisotopic (exact) mass is 551 g/mol. The van der Waals surface area contributed by atoms with E-state index < -0.39 is 11.1 Å². The number of benzene rings is 4. The van der Waals surface area contributed by atoms with Gasteiger partial charge >= 0.3 is 0 Å². The second-order valence-corrected chi connectivity index (χ2v) is 9.85. The number of nitrogens with zero attached hydrogens (tertiary/aromatic N) is 3. The van der Waals surface area contributed by atoms with Crippen LogP contribution in [0.3, 0.4) is 0 Å². The molecule has 1 heterocycles. The van der Waals surface area contributed by atoms with Gasteiger partial charge in [-0.15, -0.1) is 0 Å². The fourth-order valence-electron chi connectivity index (χ4n) is 5.16. The summed E-state index contributed by atoms with van der Waals surface area (Å²) in [5, 5.41) is 11.7. The Morgan fingerprint density at radius 2 is 1.44 bits per heavy atom. The van der Waals surface area contributed by atoms with Gasteiger partial charge in [-0.25, -0.2) is 0 Å². The fraction of sp³-hybridized carbons (Fsp3) is 0.242. The third-order valence-corrected chi connectivity index (χ3v) is 7.00. The number of carbonyl (C=O) groups excluding carboxylic acids is 1. The molecule has 0 radical (unpaired) electrons. The third kappa shape index (κ3) is 6.01. The van der Waals surface area contributed by atoms with Gasteiger partial charge in [0.2, 0.25) is 0 Å². The predicted molar refractivity (Wildman–Crippen MR) is 158 cm³/mol. The number of amides is 1. The van der Waals surface area contributed by atoms with Crippen molar-refractivity contribution in [3.05, 3.63) is 129 Å². The molecule has 0 saturated carbocycles. The largest absolute Gasteiger partial charge is 0.490 e. The minimum absolute atomic E-state index is 0.120.